The number of hydrogen-bond acceptors (Lipinski definition) is 15. The first kappa shape index (κ1) is 91.5. The van der Waals surface area contributed by atoms with Gasteiger partial charge in [0.2, 0.25) is 0 Å². The number of aliphatic hydroxyl groups is 1. The van der Waals surface area contributed by atoms with Gasteiger partial charge in [-0.15, -0.1) is 0 Å². The summed E-state index contributed by atoms with van der Waals surface area (Å²) in [6.07, 6.45) is 53.7. The quantitative estimate of drug-likeness (QED) is 0.0169. The number of phosphoric acid groups is 2. The maximum Gasteiger partial charge on any atom is 0.472 e. The van der Waals surface area contributed by atoms with E-state index in [1.165, 1.54) is 148 Å². The summed E-state index contributed by atoms with van der Waals surface area (Å²) >= 11 is 0. The summed E-state index contributed by atoms with van der Waals surface area (Å²) in [7, 11) is -9.92. The van der Waals surface area contributed by atoms with Crippen LogP contribution < -0.4 is 0 Å². The minimum atomic E-state index is -4.96. The molecular weight excluding hydrogens is 1230 g/mol. The van der Waals surface area contributed by atoms with E-state index < -0.39 is 97.5 Å². The van der Waals surface area contributed by atoms with Gasteiger partial charge in [0.25, 0.3) is 0 Å². The van der Waals surface area contributed by atoms with Crippen LogP contribution in [0.25, 0.3) is 0 Å². The van der Waals surface area contributed by atoms with Crippen molar-refractivity contribution in [1.29, 1.82) is 0 Å². The van der Waals surface area contributed by atoms with Gasteiger partial charge in [0.15, 0.2) is 12.2 Å². The first-order valence-electron chi connectivity index (χ1n) is 38.2. The fraction of sp³-hybridized carbons (Fsp3) is 0.893. The summed E-state index contributed by atoms with van der Waals surface area (Å²) in [5.74, 6) is 0.0704. The molecule has 0 radical (unpaired) electrons. The van der Waals surface area contributed by atoms with Crippen molar-refractivity contribution in [3.63, 3.8) is 0 Å². The predicted octanol–water partition coefficient (Wildman–Crippen LogP) is 21.3. The molecule has 5 atom stereocenters. The zero-order chi connectivity index (χ0) is 69.4. The van der Waals surface area contributed by atoms with E-state index in [2.05, 4.69) is 72.8 Å². The summed E-state index contributed by atoms with van der Waals surface area (Å²) < 4.78 is 68.4. The number of ether oxygens (including phenoxy) is 4. The van der Waals surface area contributed by atoms with Gasteiger partial charge in [-0.25, -0.2) is 9.13 Å². The minimum absolute atomic E-state index is 0.0839. The maximum atomic E-state index is 13.0. The van der Waals surface area contributed by atoms with E-state index in [4.69, 9.17) is 37.0 Å². The molecule has 0 heterocycles. The van der Waals surface area contributed by atoms with Crippen LogP contribution >= 0.6 is 15.6 Å². The first-order valence-corrected chi connectivity index (χ1v) is 41.2. The number of phosphoric ester groups is 2. The van der Waals surface area contributed by atoms with Crippen molar-refractivity contribution in [2.24, 2.45) is 17.8 Å². The Morgan fingerprint density at radius 1 is 0.330 bits per heavy atom. The maximum absolute atomic E-state index is 13.0. The number of aliphatic hydroxyl groups excluding tert-OH is 1. The molecular formula is C75H142O17P2. The van der Waals surface area contributed by atoms with Gasteiger partial charge < -0.3 is 33.8 Å². The molecule has 0 spiro atoms. The molecule has 0 rings (SSSR count). The van der Waals surface area contributed by atoms with Gasteiger partial charge in [0, 0.05) is 25.7 Å². The zero-order valence-electron chi connectivity index (χ0n) is 60.9. The van der Waals surface area contributed by atoms with Crippen LogP contribution in [0.15, 0.2) is 24.3 Å². The summed E-state index contributed by atoms with van der Waals surface area (Å²) in [6.45, 7) is 11.7. The molecule has 0 amide bonds. The van der Waals surface area contributed by atoms with Crippen molar-refractivity contribution in [2.75, 3.05) is 39.6 Å². The molecule has 3 unspecified atom stereocenters. The van der Waals surface area contributed by atoms with Crippen LogP contribution in [0.5, 0.6) is 0 Å². The highest BCUT2D eigenvalue weighted by atomic mass is 31.2. The third-order valence-electron chi connectivity index (χ3n) is 16.8. The van der Waals surface area contributed by atoms with Gasteiger partial charge in [-0.3, -0.25) is 37.3 Å². The Morgan fingerprint density at radius 2 is 0.574 bits per heavy atom. The second kappa shape index (κ2) is 65.2. The normalized spacial score (nSPS) is 14.3. The Morgan fingerprint density at radius 3 is 0.862 bits per heavy atom. The third-order valence-corrected chi connectivity index (χ3v) is 18.7. The van der Waals surface area contributed by atoms with E-state index in [1.807, 2.05) is 0 Å². The van der Waals surface area contributed by atoms with Crippen molar-refractivity contribution in [2.45, 2.75) is 375 Å². The number of esters is 4. The standard InChI is InChI=1S/C75H142O17P2/c1-8-9-10-11-12-13-14-15-17-22-25-28-36-44-51-58-74(79)91-71(63-86-73(78)57-50-43-38-31-34-41-48-55-68(6)7)65-90-94(83,84)88-61-69(76)60-87-93(81,82)89-64-70(92-75(80)59-52-45-37-30-29-33-40-47-54-67(4)5)62-85-72(77)56-49-42-35-27-24-21-19-16-18-20-23-26-32-39-46-53-66(2)3/h13-15,17,66-71,76H,8-12,16,18-65H2,1-7H3,(H,81,82)(H,83,84)/b14-13-,17-15-/t69?,70-,71-/m1/s1. The number of hydrogen-bond donors (Lipinski definition) is 3. The molecule has 0 aliphatic heterocycles. The molecule has 554 valence electrons. The third kappa shape index (κ3) is 68.1. The molecule has 17 nitrogen and oxygen atoms in total. The number of rotatable bonds is 71. The lowest BCUT2D eigenvalue weighted by atomic mass is 10.0. The molecule has 0 saturated heterocycles. The van der Waals surface area contributed by atoms with Gasteiger partial charge in [-0.1, -0.05) is 304 Å². The van der Waals surface area contributed by atoms with Gasteiger partial charge in [-0.2, -0.15) is 0 Å². The lowest BCUT2D eigenvalue weighted by molar-refractivity contribution is -0.161. The van der Waals surface area contributed by atoms with Crippen LogP contribution in [-0.2, 0) is 65.4 Å². The molecule has 0 aromatic heterocycles. The van der Waals surface area contributed by atoms with E-state index in [0.717, 1.165) is 115 Å². The Hall–Kier alpha value is -2.46. The van der Waals surface area contributed by atoms with Gasteiger partial charge in [-0.05, 0) is 69.1 Å². The van der Waals surface area contributed by atoms with Crippen LogP contribution in [0.1, 0.15) is 357 Å². The highest BCUT2D eigenvalue weighted by Gasteiger charge is 2.30. The molecule has 0 aliphatic rings. The average molecular weight is 1380 g/mol. The van der Waals surface area contributed by atoms with Crippen molar-refractivity contribution in [3.05, 3.63) is 24.3 Å². The molecule has 0 aliphatic carbocycles. The summed E-state index contributed by atoms with van der Waals surface area (Å²) in [5, 5.41) is 10.6. The van der Waals surface area contributed by atoms with Gasteiger partial charge in [0.05, 0.1) is 26.4 Å². The Labute approximate surface area is 573 Å². The minimum Gasteiger partial charge on any atom is -0.462 e. The largest absolute Gasteiger partial charge is 0.472 e. The Kier molecular flexibility index (Phi) is 63.5. The monoisotopic (exact) mass is 1380 g/mol. The van der Waals surface area contributed by atoms with E-state index in [1.54, 1.807) is 0 Å². The predicted molar refractivity (Wildman–Crippen MR) is 381 cm³/mol. The van der Waals surface area contributed by atoms with Crippen LogP contribution in [0.4, 0.5) is 0 Å². The topological polar surface area (TPSA) is 237 Å². The zero-order valence-corrected chi connectivity index (χ0v) is 62.7. The molecule has 0 aromatic carbocycles. The SMILES string of the molecule is CCCCCC/C=C\C=C/CCCCCCCC(=O)O[C@H](COC(=O)CCCCCCCCCC(C)C)COP(=O)(O)OCC(O)COP(=O)(O)OC[C@@H](COC(=O)CCCCCCCCCCCCCCCCCC(C)C)OC(=O)CCCCCCCCCCC(C)C. The second-order valence-electron chi connectivity index (χ2n) is 27.8. The molecule has 3 N–H and O–H groups in total. The molecule has 0 fully saturated rings. The molecule has 0 saturated carbocycles. The Balaban J connectivity index is 5.24. The Bertz CT molecular complexity index is 1930. The van der Waals surface area contributed by atoms with Crippen LogP contribution in [0, 0.1) is 17.8 Å². The van der Waals surface area contributed by atoms with Crippen molar-refractivity contribution < 1.29 is 80.2 Å². The smallest absolute Gasteiger partial charge is 0.462 e. The van der Waals surface area contributed by atoms with E-state index in [-0.39, 0.29) is 25.7 Å². The van der Waals surface area contributed by atoms with E-state index >= 15 is 0 Å². The van der Waals surface area contributed by atoms with Crippen LogP contribution in [0.3, 0.4) is 0 Å². The van der Waals surface area contributed by atoms with Crippen molar-refractivity contribution in [3.8, 4) is 0 Å². The fourth-order valence-electron chi connectivity index (χ4n) is 10.9. The van der Waals surface area contributed by atoms with Gasteiger partial charge in [0.1, 0.15) is 19.3 Å². The van der Waals surface area contributed by atoms with Crippen molar-refractivity contribution >= 4 is 39.5 Å². The summed E-state index contributed by atoms with van der Waals surface area (Å²) in [4.78, 5) is 72.7. The van der Waals surface area contributed by atoms with Gasteiger partial charge >= 0.3 is 39.5 Å². The number of carbonyl (C=O) groups excluding carboxylic acids is 4. The number of allylic oxidation sites excluding steroid dienone is 4. The molecule has 0 bridgehead atoms. The fourth-order valence-corrected chi connectivity index (χ4v) is 12.5. The lowest BCUT2D eigenvalue weighted by Crippen LogP contribution is -2.30. The van der Waals surface area contributed by atoms with Crippen LogP contribution in [0.2, 0.25) is 0 Å². The van der Waals surface area contributed by atoms with Crippen LogP contribution in [-0.4, -0.2) is 96.7 Å². The molecule has 19 heteroatoms. The van der Waals surface area contributed by atoms with E-state index in [0.29, 0.717) is 37.5 Å². The average Bonchev–Trinajstić information content (AvgIpc) is 1.17. The first-order chi connectivity index (χ1) is 45.2. The lowest BCUT2D eigenvalue weighted by Gasteiger charge is -2.21. The van der Waals surface area contributed by atoms with Crippen molar-refractivity contribution in [1.82, 2.24) is 0 Å². The number of carbonyl (C=O) groups is 4. The highest BCUT2D eigenvalue weighted by molar-refractivity contribution is 7.47. The summed E-state index contributed by atoms with van der Waals surface area (Å²) in [5.41, 5.74) is 0. The number of unbranched alkanes of at least 4 members (excludes halogenated alkanes) is 36. The summed E-state index contributed by atoms with van der Waals surface area (Å²) in [6, 6.07) is 0. The highest BCUT2D eigenvalue weighted by Crippen LogP contribution is 2.45. The molecule has 94 heavy (non-hydrogen) atoms. The molecule has 0 aromatic rings. The van der Waals surface area contributed by atoms with E-state index in [9.17, 15) is 43.2 Å². The second-order valence-corrected chi connectivity index (χ2v) is 30.7.